The van der Waals surface area contributed by atoms with Crippen molar-refractivity contribution in [1.29, 1.82) is 0 Å². The summed E-state index contributed by atoms with van der Waals surface area (Å²) in [7, 11) is 0. The maximum atomic E-state index is 4.45. The predicted molar refractivity (Wildman–Crippen MR) is 66.5 cm³/mol. The quantitative estimate of drug-likeness (QED) is 0.460. The van der Waals surface area contributed by atoms with Gasteiger partial charge in [-0.2, -0.15) is 0 Å². The van der Waals surface area contributed by atoms with Gasteiger partial charge in [-0.3, -0.25) is 9.97 Å². The second-order valence-electron chi connectivity index (χ2n) is 4.11. The summed E-state index contributed by atoms with van der Waals surface area (Å²) in [6.45, 7) is 4.21. The van der Waals surface area contributed by atoms with Gasteiger partial charge in [-0.1, -0.05) is 12.1 Å². The molecule has 0 aliphatic heterocycles. The molecule has 1 aromatic carbocycles. The Morgan fingerprint density at radius 2 is 1.12 bits per heavy atom. The molecule has 3 rings (SSSR count). The summed E-state index contributed by atoms with van der Waals surface area (Å²) < 4.78 is 0. The van der Waals surface area contributed by atoms with Gasteiger partial charge < -0.3 is 0 Å². The largest absolute Gasteiger partial charge is 0.254 e. The van der Waals surface area contributed by atoms with Crippen LogP contribution in [0.15, 0.2) is 36.7 Å². The van der Waals surface area contributed by atoms with E-state index in [0.29, 0.717) is 0 Å². The Morgan fingerprint density at radius 1 is 0.706 bits per heavy atom. The van der Waals surface area contributed by atoms with E-state index in [1.54, 1.807) is 0 Å². The van der Waals surface area contributed by atoms with Crippen LogP contribution >= 0.6 is 0 Å². The van der Waals surface area contributed by atoms with Crippen molar-refractivity contribution in [2.75, 3.05) is 0 Å². The van der Waals surface area contributed by atoms with Crippen LogP contribution in [0.4, 0.5) is 0 Å². The smallest absolute Gasteiger partial charge is 0.0967 e. The average Bonchev–Trinajstić information content (AvgIpc) is 2.30. The van der Waals surface area contributed by atoms with Gasteiger partial charge in [0.25, 0.3) is 0 Å². The fraction of sp³-hybridized carbons (Fsp3) is 0.143. The van der Waals surface area contributed by atoms with Crippen molar-refractivity contribution in [3.8, 4) is 0 Å². The first-order valence-electron chi connectivity index (χ1n) is 5.37. The molecule has 0 amide bonds. The molecule has 3 aromatic rings. The fourth-order valence-electron chi connectivity index (χ4n) is 2.10. The van der Waals surface area contributed by atoms with E-state index in [1.807, 2.05) is 24.5 Å². The Kier molecular flexibility index (Phi) is 3.12. The summed E-state index contributed by atoms with van der Waals surface area (Å²) in [5.41, 5.74) is 4.49. The summed E-state index contributed by atoms with van der Waals surface area (Å²) in [6, 6.07) is 8.33. The van der Waals surface area contributed by atoms with Gasteiger partial charge in [0.15, 0.2) is 0 Å². The van der Waals surface area contributed by atoms with Crippen LogP contribution in [0.1, 0.15) is 11.1 Å². The molecule has 0 aliphatic carbocycles. The Morgan fingerprint density at radius 3 is 1.53 bits per heavy atom. The molecule has 0 atom stereocenters. The molecule has 3 heteroatoms. The third-order valence-electron chi connectivity index (χ3n) is 3.06. The molecule has 2 aromatic heterocycles. The first-order valence-corrected chi connectivity index (χ1v) is 5.37. The van der Waals surface area contributed by atoms with Crippen LogP contribution in [0.2, 0.25) is 0 Å². The number of rotatable bonds is 0. The van der Waals surface area contributed by atoms with Crippen LogP contribution in [-0.4, -0.2) is 9.97 Å². The van der Waals surface area contributed by atoms with Gasteiger partial charge in [-0.25, -0.2) is 0 Å². The maximum Gasteiger partial charge on any atom is 0.0967 e. The number of benzene rings is 1. The Labute approximate surface area is 110 Å². The van der Waals surface area contributed by atoms with Crippen molar-refractivity contribution in [3.63, 3.8) is 0 Å². The molecular weight excluding hydrogens is 255 g/mol. The summed E-state index contributed by atoms with van der Waals surface area (Å²) in [6.07, 6.45) is 3.70. The van der Waals surface area contributed by atoms with E-state index < -0.39 is 0 Å². The topological polar surface area (TPSA) is 25.8 Å². The second kappa shape index (κ2) is 4.42. The number of pyridine rings is 2. The molecule has 0 unspecified atom stereocenters. The first-order chi connectivity index (χ1) is 7.77. The van der Waals surface area contributed by atoms with E-state index in [9.17, 15) is 0 Å². The molecule has 0 fully saturated rings. The number of aromatic nitrogens is 2. The first kappa shape index (κ1) is 12.0. The third-order valence-corrected chi connectivity index (χ3v) is 3.06. The minimum absolute atomic E-state index is 0. The van der Waals surface area contributed by atoms with Crippen LogP contribution in [0.25, 0.3) is 21.8 Å². The monoisotopic (exact) mass is 266 g/mol. The average molecular weight is 267 g/mol. The molecule has 0 bridgehead atoms. The van der Waals surface area contributed by atoms with Gasteiger partial charge in [0.1, 0.15) is 0 Å². The van der Waals surface area contributed by atoms with Crippen molar-refractivity contribution in [2.45, 2.75) is 13.8 Å². The molecular formula is C14H12N2Ni. The number of aryl methyl sites for hydroxylation is 2. The second-order valence-corrected chi connectivity index (χ2v) is 4.11. The van der Waals surface area contributed by atoms with Crippen LogP contribution in [-0.2, 0) is 16.5 Å². The standard InChI is InChI=1S/C14H12N2.Ni/c1-9-5-7-15-13-11(9)3-4-12-10(2)6-8-16-14(12)13;/h3-8H,1-2H3;. The number of fused-ring (bicyclic) bond motifs is 3. The molecule has 2 heterocycles. The van der Waals surface area contributed by atoms with E-state index in [-0.39, 0.29) is 16.5 Å². The number of hydrogen-bond donors (Lipinski definition) is 0. The van der Waals surface area contributed by atoms with Gasteiger partial charge in [-0.05, 0) is 37.1 Å². The van der Waals surface area contributed by atoms with Crippen molar-refractivity contribution < 1.29 is 16.5 Å². The fourth-order valence-corrected chi connectivity index (χ4v) is 2.10. The third kappa shape index (κ3) is 1.81. The molecule has 0 aliphatic rings. The normalized spacial score (nSPS) is 10.5. The SMILES string of the molecule is Cc1ccnc2c1ccc1c(C)ccnc12.[Ni]. The van der Waals surface area contributed by atoms with Crippen molar-refractivity contribution in [3.05, 3.63) is 47.8 Å². The molecule has 2 nitrogen and oxygen atoms in total. The van der Waals surface area contributed by atoms with Gasteiger partial charge in [0, 0.05) is 39.7 Å². The molecule has 0 spiro atoms. The Bertz CT molecular complexity index is 631. The molecule has 17 heavy (non-hydrogen) atoms. The maximum absolute atomic E-state index is 4.45. The summed E-state index contributed by atoms with van der Waals surface area (Å²) in [5.74, 6) is 0. The van der Waals surface area contributed by atoms with Crippen LogP contribution in [0.3, 0.4) is 0 Å². The van der Waals surface area contributed by atoms with Crippen molar-refractivity contribution in [1.82, 2.24) is 9.97 Å². The van der Waals surface area contributed by atoms with Crippen LogP contribution in [0, 0.1) is 13.8 Å². The van der Waals surface area contributed by atoms with E-state index in [2.05, 4.69) is 35.9 Å². The molecule has 0 saturated heterocycles. The number of hydrogen-bond acceptors (Lipinski definition) is 2. The summed E-state index contributed by atoms with van der Waals surface area (Å²) >= 11 is 0. The summed E-state index contributed by atoms with van der Waals surface area (Å²) in [5, 5.41) is 2.38. The minimum atomic E-state index is 0. The van der Waals surface area contributed by atoms with Gasteiger partial charge >= 0.3 is 0 Å². The summed E-state index contributed by atoms with van der Waals surface area (Å²) in [4.78, 5) is 8.90. The molecule has 0 N–H and O–H groups in total. The zero-order valence-corrected chi connectivity index (χ0v) is 10.7. The zero-order valence-electron chi connectivity index (χ0n) is 9.67. The van der Waals surface area contributed by atoms with E-state index in [0.717, 1.165) is 11.0 Å². The van der Waals surface area contributed by atoms with E-state index >= 15 is 0 Å². The zero-order chi connectivity index (χ0) is 11.1. The van der Waals surface area contributed by atoms with Gasteiger partial charge in [-0.15, -0.1) is 0 Å². The van der Waals surface area contributed by atoms with Crippen molar-refractivity contribution >= 4 is 21.8 Å². The van der Waals surface area contributed by atoms with Crippen LogP contribution < -0.4 is 0 Å². The van der Waals surface area contributed by atoms with Crippen molar-refractivity contribution in [2.24, 2.45) is 0 Å². The minimum Gasteiger partial charge on any atom is -0.254 e. The molecule has 0 saturated carbocycles. The number of nitrogens with zero attached hydrogens (tertiary/aromatic N) is 2. The molecule has 0 radical (unpaired) electrons. The van der Waals surface area contributed by atoms with Gasteiger partial charge in [0.05, 0.1) is 11.0 Å². The Hall–Kier alpha value is -1.47. The Balaban J connectivity index is 0.00000108. The van der Waals surface area contributed by atoms with E-state index in [4.69, 9.17) is 0 Å². The van der Waals surface area contributed by atoms with Crippen LogP contribution in [0.5, 0.6) is 0 Å². The molecule has 88 valence electrons. The van der Waals surface area contributed by atoms with Gasteiger partial charge in [0.2, 0.25) is 0 Å². The predicted octanol–water partition coefficient (Wildman–Crippen LogP) is 3.40. The van der Waals surface area contributed by atoms with E-state index in [1.165, 1.54) is 21.9 Å².